The average Bonchev–Trinajstić information content (AvgIpc) is 2.63. The van der Waals surface area contributed by atoms with E-state index in [0.717, 1.165) is 12.5 Å². The lowest BCUT2D eigenvalue weighted by Gasteiger charge is -2.15. The third kappa shape index (κ3) is 3.00. The third-order valence-corrected chi connectivity index (χ3v) is 2.86. The van der Waals surface area contributed by atoms with Gasteiger partial charge in [0.15, 0.2) is 0 Å². The molecule has 0 bridgehead atoms. The maximum absolute atomic E-state index is 12.9. The molecule has 1 aromatic carbocycles. The standard InChI is InChI=1S/C12H14F2N2O/c13-9-3-8(4-10(14)6-9)5-12(17)16-2-1-11(15)7-16/h3-4,6,11H,1-2,5,7,15H2/t11-/m0/s1. The molecule has 0 radical (unpaired) electrons. The Morgan fingerprint density at radius 1 is 1.35 bits per heavy atom. The van der Waals surface area contributed by atoms with Gasteiger partial charge in [0.1, 0.15) is 11.6 Å². The topological polar surface area (TPSA) is 46.3 Å². The molecule has 1 amide bonds. The fourth-order valence-corrected chi connectivity index (χ4v) is 2.01. The predicted octanol–water partition coefficient (Wildman–Crippen LogP) is 1.07. The monoisotopic (exact) mass is 240 g/mol. The van der Waals surface area contributed by atoms with Gasteiger partial charge in [-0.3, -0.25) is 4.79 Å². The Morgan fingerprint density at radius 2 is 2.00 bits per heavy atom. The number of nitrogens with two attached hydrogens (primary N) is 1. The van der Waals surface area contributed by atoms with Crippen molar-refractivity contribution in [3.8, 4) is 0 Å². The molecule has 1 aliphatic heterocycles. The Labute approximate surface area is 98.2 Å². The Balaban J connectivity index is 2.03. The number of amides is 1. The van der Waals surface area contributed by atoms with Crippen molar-refractivity contribution in [1.29, 1.82) is 0 Å². The van der Waals surface area contributed by atoms with Crippen LogP contribution in [0.5, 0.6) is 0 Å². The number of carbonyl (C=O) groups excluding carboxylic acids is 1. The molecular formula is C12H14F2N2O. The van der Waals surface area contributed by atoms with E-state index in [1.165, 1.54) is 12.1 Å². The zero-order valence-corrected chi connectivity index (χ0v) is 9.33. The Kier molecular flexibility index (Phi) is 3.38. The Bertz CT molecular complexity index is 416. The fourth-order valence-electron chi connectivity index (χ4n) is 2.01. The number of carbonyl (C=O) groups is 1. The van der Waals surface area contributed by atoms with Gasteiger partial charge in [-0.1, -0.05) is 0 Å². The summed E-state index contributed by atoms with van der Waals surface area (Å²) in [6, 6.07) is 3.16. The molecule has 0 aromatic heterocycles. The average molecular weight is 240 g/mol. The van der Waals surface area contributed by atoms with Gasteiger partial charge in [-0.2, -0.15) is 0 Å². The van der Waals surface area contributed by atoms with E-state index in [9.17, 15) is 13.6 Å². The molecule has 17 heavy (non-hydrogen) atoms. The van der Waals surface area contributed by atoms with Crippen LogP contribution in [-0.4, -0.2) is 29.9 Å². The first-order valence-corrected chi connectivity index (χ1v) is 5.53. The highest BCUT2D eigenvalue weighted by molar-refractivity contribution is 5.79. The second-order valence-electron chi connectivity index (χ2n) is 4.34. The molecule has 1 aromatic rings. The van der Waals surface area contributed by atoms with Gasteiger partial charge in [0.2, 0.25) is 5.91 Å². The molecule has 2 N–H and O–H groups in total. The van der Waals surface area contributed by atoms with E-state index < -0.39 is 11.6 Å². The second-order valence-corrected chi connectivity index (χ2v) is 4.34. The normalized spacial score (nSPS) is 19.7. The van der Waals surface area contributed by atoms with Gasteiger partial charge in [-0.25, -0.2) is 8.78 Å². The van der Waals surface area contributed by atoms with Crippen LogP contribution in [0.4, 0.5) is 8.78 Å². The zero-order chi connectivity index (χ0) is 12.4. The molecule has 1 heterocycles. The molecule has 2 rings (SSSR count). The number of likely N-dealkylation sites (tertiary alicyclic amines) is 1. The van der Waals surface area contributed by atoms with Crippen LogP contribution in [0.25, 0.3) is 0 Å². The molecule has 3 nitrogen and oxygen atoms in total. The van der Waals surface area contributed by atoms with E-state index in [1.54, 1.807) is 4.90 Å². The van der Waals surface area contributed by atoms with E-state index in [2.05, 4.69) is 0 Å². The van der Waals surface area contributed by atoms with E-state index >= 15 is 0 Å². The van der Waals surface area contributed by atoms with E-state index in [1.807, 2.05) is 0 Å². The summed E-state index contributed by atoms with van der Waals surface area (Å²) in [5, 5.41) is 0. The predicted molar refractivity (Wildman–Crippen MR) is 59.2 cm³/mol. The van der Waals surface area contributed by atoms with Crippen LogP contribution in [0.3, 0.4) is 0 Å². The minimum absolute atomic E-state index is 0.0153. The van der Waals surface area contributed by atoms with Crippen molar-refractivity contribution < 1.29 is 13.6 Å². The van der Waals surface area contributed by atoms with E-state index in [0.29, 0.717) is 18.7 Å². The molecule has 1 saturated heterocycles. The largest absolute Gasteiger partial charge is 0.341 e. The van der Waals surface area contributed by atoms with Crippen molar-refractivity contribution in [3.63, 3.8) is 0 Å². The molecule has 0 unspecified atom stereocenters. The Hall–Kier alpha value is -1.49. The molecular weight excluding hydrogens is 226 g/mol. The van der Waals surface area contributed by atoms with Crippen molar-refractivity contribution in [2.75, 3.05) is 13.1 Å². The van der Waals surface area contributed by atoms with Gasteiger partial charge >= 0.3 is 0 Å². The van der Waals surface area contributed by atoms with Gasteiger partial charge in [0, 0.05) is 25.2 Å². The van der Waals surface area contributed by atoms with Gasteiger partial charge < -0.3 is 10.6 Å². The van der Waals surface area contributed by atoms with Crippen LogP contribution in [0.1, 0.15) is 12.0 Å². The first-order valence-electron chi connectivity index (χ1n) is 5.53. The first kappa shape index (κ1) is 12.0. The lowest BCUT2D eigenvalue weighted by atomic mass is 10.1. The maximum atomic E-state index is 12.9. The number of hydrogen-bond acceptors (Lipinski definition) is 2. The molecule has 92 valence electrons. The molecule has 0 saturated carbocycles. The first-order chi connectivity index (χ1) is 8.04. The van der Waals surface area contributed by atoms with Crippen LogP contribution in [0.2, 0.25) is 0 Å². The minimum atomic E-state index is -0.661. The highest BCUT2D eigenvalue weighted by atomic mass is 19.1. The van der Waals surface area contributed by atoms with Gasteiger partial charge in [0.05, 0.1) is 6.42 Å². The third-order valence-electron chi connectivity index (χ3n) is 2.86. The number of hydrogen-bond donors (Lipinski definition) is 1. The molecule has 5 heteroatoms. The molecule has 0 spiro atoms. The lowest BCUT2D eigenvalue weighted by molar-refractivity contribution is -0.129. The number of nitrogens with zero attached hydrogens (tertiary/aromatic N) is 1. The summed E-state index contributed by atoms with van der Waals surface area (Å²) < 4.78 is 25.9. The summed E-state index contributed by atoms with van der Waals surface area (Å²) in [7, 11) is 0. The van der Waals surface area contributed by atoms with Gasteiger partial charge in [-0.15, -0.1) is 0 Å². The van der Waals surface area contributed by atoms with Crippen LogP contribution >= 0.6 is 0 Å². The fraction of sp³-hybridized carbons (Fsp3) is 0.417. The van der Waals surface area contributed by atoms with E-state index in [-0.39, 0.29) is 18.4 Å². The van der Waals surface area contributed by atoms with Crippen LogP contribution < -0.4 is 5.73 Å². The van der Waals surface area contributed by atoms with E-state index in [4.69, 9.17) is 5.73 Å². The number of rotatable bonds is 2. The zero-order valence-electron chi connectivity index (χ0n) is 9.33. The van der Waals surface area contributed by atoms with Gasteiger partial charge in [-0.05, 0) is 24.1 Å². The van der Waals surface area contributed by atoms with Crippen molar-refractivity contribution in [3.05, 3.63) is 35.4 Å². The highest BCUT2D eigenvalue weighted by Crippen LogP contribution is 2.12. The summed E-state index contributed by atoms with van der Waals surface area (Å²) in [6.45, 7) is 1.15. The molecule has 0 aliphatic carbocycles. The maximum Gasteiger partial charge on any atom is 0.227 e. The minimum Gasteiger partial charge on any atom is -0.341 e. The molecule has 1 aliphatic rings. The number of halogens is 2. The quantitative estimate of drug-likeness (QED) is 0.840. The number of benzene rings is 1. The van der Waals surface area contributed by atoms with Crippen LogP contribution in [0, 0.1) is 11.6 Å². The summed E-state index contributed by atoms with van der Waals surface area (Å²) in [6.07, 6.45) is 0.796. The molecule has 1 atom stereocenters. The van der Waals surface area contributed by atoms with Crippen LogP contribution in [-0.2, 0) is 11.2 Å². The highest BCUT2D eigenvalue weighted by Gasteiger charge is 2.23. The SMILES string of the molecule is N[C@H]1CCN(C(=O)Cc2cc(F)cc(F)c2)C1. The summed E-state index contributed by atoms with van der Waals surface area (Å²) >= 11 is 0. The lowest BCUT2D eigenvalue weighted by Crippen LogP contribution is -2.32. The summed E-state index contributed by atoms with van der Waals surface area (Å²) in [4.78, 5) is 13.4. The van der Waals surface area contributed by atoms with Crippen molar-refractivity contribution in [1.82, 2.24) is 4.90 Å². The summed E-state index contributed by atoms with van der Waals surface area (Å²) in [5.41, 5.74) is 6.05. The Morgan fingerprint density at radius 3 is 2.53 bits per heavy atom. The summed E-state index contributed by atoms with van der Waals surface area (Å²) in [5.74, 6) is -1.46. The van der Waals surface area contributed by atoms with Crippen molar-refractivity contribution in [2.45, 2.75) is 18.9 Å². The molecule has 1 fully saturated rings. The second kappa shape index (κ2) is 4.79. The van der Waals surface area contributed by atoms with Gasteiger partial charge in [0.25, 0.3) is 0 Å². The van der Waals surface area contributed by atoms with Crippen LogP contribution in [0.15, 0.2) is 18.2 Å². The smallest absolute Gasteiger partial charge is 0.227 e. The van der Waals surface area contributed by atoms with Crippen molar-refractivity contribution >= 4 is 5.91 Å². The van der Waals surface area contributed by atoms with Crippen molar-refractivity contribution in [2.24, 2.45) is 5.73 Å².